The molecule has 3 atom stereocenters. The van der Waals surface area contributed by atoms with Crippen LogP contribution in [0.15, 0.2) is 24.3 Å². The van der Waals surface area contributed by atoms with Crippen LogP contribution in [-0.4, -0.2) is 71.3 Å². The molecule has 196 valence electrons. The van der Waals surface area contributed by atoms with Crippen LogP contribution in [0.2, 0.25) is 0 Å². The summed E-state index contributed by atoms with van der Waals surface area (Å²) in [6, 6.07) is 7.55. The number of amides is 2. The van der Waals surface area contributed by atoms with Gasteiger partial charge < -0.3 is 20.1 Å². The van der Waals surface area contributed by atoms with Crippen LogP contribution in [0.3, 0.4) is 0 Å². The van der Waals surface area contributed by atoms with Crippen molar-refractivity contribution in [3.05, 3.63) is 35.4 Å². The molecule has 35 heavy (non-hydrogen) atoms. The van der Waals surface area contributed by atoms with E-state index >= 15 is 0 Å². The number of nitrogens with one attached hydrogen (secondary N) is 1. The van der Waals surface area contributed by atoms with Gasteiger partial charge in [-0.1, -0.05) is 25.0 Å². The van der Waals surface area contributed by atoms with Crippen LogP contribution in [0.25, 0.3) is 0 Å². The minimum atomic E-state index is -0.944. The molecule has 1 aromatic rings. The van der Waals surface area contributed by atoms with E-state index in [1.807, 2.05) is 45.0 Å². The Hall–Kier alpha value is -2.12. The van der Waals surface area contributed by atoms with Crippen molar-refractivity contribution in [2.24, 2.45) is 11.8 Å². The van der Waals surface area contributed by atoms with Gasteiger partial charge in [0.25, 0.3) is 5.91 Å². The van der Waals surface area contributed by atoms with E-state index < -0.39 is 11.6 Å². The molecule has 7 nitrogen and oxygen atoms in total. The third-order valence-corrected chi connectivity index (χ3v) is 7.48. The molecule has 1 aliphatic heterocycles. The molecule has 1 saturated heterocycles. The quantitative estimate of drug-likeness (QED) is 0.512. The molecule has 1 saturated carbocycles. The summed E-state index contributed by atoms with van der Waals surface area (Å²) in [4.78, 5) is 28.7. The zero-order chi connectivity index (χ0) is 25.4. The maximum absolute atomic E-state index is 13.1. The average Bonchev–Trinajstić information content (AvgIpc) is 2.82. The number of nitrogens with zero attached hydrogens (tertiary/aromatic N) is 2. The first-order valence-corrected chi connectivity index (χ1v) is 13.4. The van der Waals surface area contributed by atoms with E-state index in [9.17, 15) is 14.7 Å². The van der Waals surface area contributed by atoms with E-state index in [1.54, 1.807) is 0 Å². The fourth-order valence-corrected chi connectivity index (χ4v) is 5.47. The van der Waals surface area contributed by atoms with Crippen LogP contribution in [-0.2, 0) is 11.3 Å². The Balaban J connectivity index is 1.57. The average molecular weight is 488 g/mol. The summed E-state index contributed by atoms with van der Waals surface area (Å²) in [7, 11) is 0. The molecule has 2 amide bonds. The molecule has 1 aliphatic carbocycles. The third kappa shape index (κ3) is 8.21. The number of hydrogen-bond donors (Lipinski definition) is 2. The van der Waals surface area contributed by atoms with E-state index in [1.165, 1.54) is 24.2 Å². The van der Waals surface area contributed by atoms with Crippen molar-refractivity contribution in [2.45, 2.75) is 84.3 Å². The molecule has 2 fully saturated rings. The standard InChI is InChI=1S/C28H45N3O4/c1-5-35-20-22-9-8-16-30(17-22)19-24-10-6-7-11-25(24)29-26(32)23-14-12-21(13-15-23)18-31(27(33)34)28(2,3)4/h12-15,22,24-25H,5-11,16-20H2,1-4H3,(H,29,32)(H,33,34)/t22?,24-,25+/m0/s1. The Morgan fingerprint density at radius 2 is 1.83 bits per heavy atom. The number of ether oxygens (including phenoxy) is 1. The Kier molecular flexibility index (Phi) is 9.99. The van der Waals surface area contributed by atoms with Crippen molar-refractivity contribution in [1.29, 1.82) is 0 Å². The maximum Gasteiger partial charge on any atom is 0.408 e. The van der Waals surface area contributed by atoms with Gasteiger partial charge in [-0.3, -0.25) is 9.69 Å². The second-order valence-electron chi connectivity index (χ2n) is 11.3. The Bertz CT molecular complexity index is 820. The van der Waals surface area contributed by atoms with Gasteiger partial charge >= 0.3 is 6.09 Å². The number of likely N-dealkylation sites (tertiary alicyclic amines) is 1. The highest BCUT2D eigenvalue weighted by Gasteiger charge is 2.30. The SMILES string of the molecule is CCOCC1CCCN(C[C@@H]2CCCC[C@H]2NC(=O)c2ccc(CN(C(=O)O)C(C)(C)C)cc2)C1. The summed E-state index contributed by atoms with van der Waals surface area (Å²) in [6.07, 6.45) is 6.11. The van der Waals surface area contributed by atoms with Crippen molar-refractivity contribution in [3.63, 3.8) is 0 Å². The van der Waals surface area contributed by atoms with Crippen molar-refractivity contribution in [2.75, 3.05) is 32.8 Å². The molecule has 2 aliphatic rings. The Morgan fingerprint density at radius 1 is 1.11 bits per heavy atom. The van der Waals surface area contributed by atoms with Crippen LogP contribution in [0, 0.1) is 11.8 Å². The van der Waals surface area contributed by atoms with E-state index in [4.69, 9.17) is 4.74 Å². The minimum absolute atomic E-state index is 0.0350. The molecule has 2 N–H and O–H groups in total. The molecule has 3 rings (SSSR count). The molecule has 1 unspecified atom stereocenters. The van der Waals surface area contributed by atoms with Gasteiger partial charge in [0.15, 0.2) is 0 Å². The van der Waals surface area contributed by atoms with Gasteiger partial charge in [-0.25, -0.2) is 4.79 Å². The largest absolute Gasteiger partial charge is 0.465 e. The van der Waals surface area contributed by atoms with Crippen LogP contribution in [0.4, 0.5) is 4.79 Å². The molecule has 0 spiro atoms. The lowest BCUT2D eigenvalue weighted by molar-refractivity contribution is 0.0548. The van der Waals surface area contributed by atoms with E-state index in [0.717, 1.165) is 57.7 Å². The van der Waals surface area contributed by atoms with Gasteiger partial charge in [0.1, 0.15) is 0 Å². The van der Waals surface area contributed by atoms with Gasteiger partial charge in [-0.2, -0.15) is 0 Å². The topological polar surface area (TPSA) is 82.1 Å². The lowest BCUT2D eigenvalue weighted by Gasteiger charge is -2.39. The number of benzene rings is 1. The van der Waals surface area contributed by atoms with E-state index in [-0.39, 0.29) is 11.9 Å². The molecule has 7 heteroatoms. The van der Waals surface area contributed by atoms with E-state index in [2.05, 4.69) is 17.1 Å². The first-order chi connectivity index (χ1) is 16.7. The molecule has 1 aromatic carbocycles. The van der Waals surface area contributed by atoms with Crippen LogP contribution in [0.1, 0.15) is 82.1 Å². The normalized spacial score (nSPS) is 23.6. The van der Waals surface area contributed by atoms with Crippen LogP contribution in [0.5, 0.6) is 0 Å². The zero-order valence-corrected chi connectivity index (χ0v) is 22.1. The second kappa shape index (κ2) is 12.7. The van der Waals surface area contributed by atoms with Crippen molar-refractivity contribution in [1.82, 2.24) is 15.1 Å². The van der Waals surface area contributed by atoms with Gasteiger partial charge in [-0.15, -0.1) is 0 Å². The van der Waals surface area contributed by atoms with Crippen molar-refractivity contribution >= 4 is 12.0 Å². The number of carboxylic acid groups (broad SMARTS) is 1. The first kappa shape index (κ1) is 27.5. The summed E-state index contributed by atoms with van der Waals surface area (Å²) in [5.74, 6) is 1.06. The van der Waals surface area contributed by atoms with Crippen LogP contribution < -0.4 is 5.32 Å². The molecular weight excluding hydrogens is 442 g/mol. The zero-order valence-electron chi connectivity index (χ0n) is 22.1. The minimum Gasteiger partial charge on any atom is -0.465 e. The van der Waals surface area contributed by atoms with Gasteiger partial charge in [0, 0.05) is 43.4 Å². The highest BCUT2D eigenvalue weighted by Crippen LogP contribution is 2.28. The second-order valence-corrected chi connectivity index (χ2v) is 11.3. The molecule has 0 bridgehead atoms. The summed E-state index contributed by atoms with van der Waals surface area (Å²) >= 11 is 0. The molecule has 1 heterocycles. The van der Waals surface area contributed by atoms with Gasteiger partial charge in [0.05, 0.1) is 6.61 Å². The number of carbonyl (C=O) groups is 2. The highest BCUT2D eigenvalue weighted by atomic mass is 16.5. The van der Waals surface area contributed by atoms with Gasteiger partial charge in [-0.05, 0) is 89.5 Å². The third-order valence-electron chi connectivity index (χ3n) is 7.48. The molecule has 0 radical (unpaired) electrons. The Morgan fingerprint density at radius 3 is 2.49 bits per heavy atom. The number of piperidine rings is 1. The first-order valence-electron chi connectivity index (χ1n) is 13.4. The highest BCUT2D eigenvalue weighted by molar-refractivity contribution is 5.94. The van der Waals surface area contributed by atoms with Gasteiger partial charge in [0.2, 0.25) is 0 Å². The summed E-state index contributed by atoms with van der Waals surface area (Å²) in [6.45, 7) is 12.9. The summed E-state index contributed by atoms with van der Waals surface area (Å²) in [5, 5.41) is 12.9. The molecule has 0 aromatic heterocycles. The fraction of sp³-hybridized carbons (Fsp3) is 0.714. The number of hydrogen-bond acceptors (Lipinski definition) is 4. The monoisotopic (exact) mass is 487 g/mol. The van der Waals surface area contributed by atoms with Crippen molar-refractivity contribution < 1.29 is 19.4 Å². The summed E-state index contributed by atoms with van der Waals surface area (Å²) < 4.78 is 5.68. The lowest BCUT2D eigenvalue weighted by Crippen LogP contribution is -2.48. The fourth-order valence-electron chi connectivity index (χ4n) is 5.47. The van der Waals surface area contributed by atoms with Crippen LogP contribution >= 0.6 is 0 Å². The number of carbonyl (C=O) groups excluding carboxylic acids is 1. The number of rotatable bonds is 9. The van der Waals surface area contributed by atoms with Crippen molar-refractivity contribution in [3.8, 4) is 0 Å². The lowest BCUT2D eigenvalue weighted by atomic mass is 9.83. The maximum atomic E-state index is 13.1. The predicted octanol–water partition coefficient (Wildman–Crippen LogP) is 5.00. The Labute approximate surface area is 211 Å². The predicted molar refractivity (Wildman–Crippen MR) is 139 cm³/mol. The molecular formula is C28H45N3O4. The summed E-state index contributed by atoms with van der Waals surface area (Å²) in [5.41, 5.74) is 1.02. The smallest absolute Gasteiger partial charge is 0.408 e. The van der Waals surface area contributed by atoms with E-state index in [0.29, 0.717) is 23.9 Å².